The van der Waals surface area contributed by atoms with Crippen molar-refractivity contribution in [3.05, 3.63) is 17.7 Å². The van der Waals surface area contributed by atoms with Crippen LogP contribution in [0.4, 0.5) is 4.79 Å². The lowest BCUT2D eigenvalue weighted by atomic mass is 10.1. The monoisotopic (exact) mass is 420 g/mol. The second-order valence-electron chi connectivity index (χ2n) is 8.28. The van der Waals surface area contributed by atoms with Crippen molar-refractivity contribution < 1.29 is 23.7 Å². The van der Waals surface area contributed by atoms with Gasteiger partial charge in [0.2, 0.25) is 5.75 Å². The summed E-state index contributed by atoms with van der Waals surface area (Å²) in [5.74, 6) is 2.65. The minimum atomic E-state index is -0.494. The topological polar surface area (TPSA) is 84.9 Å². The molecule has 0 saturated carbocycles. The molecule has 1 aromatic rings. The smallest absolute Gasteiger partial charge is 0.410 e. The van der Waals surface area contributed by atoms with Crippen LogP contribution in [-0.4, -0.2) is 81.0 Å². The number of guanidine groups is 1. The number of amides is 1. The van der Waals surface area contributed by atoms with Gasteiger partial charge in [0.05, 0.1) is 33.9 Å². The summed E-state index contributed by atoms with van der Waals surface area (Å²) in [4.78, 5) is 21.0. The predicted molar refractivity (Wildman–Crippen MR) is 114 cm³/mol. The van der Waals surface area contributed by atoms with Crippen LogP contribution in [0.2, 0.25) is 0 Å². The summed E-state index contributed by atoms with van der Waals surface area (Å²) in [7, 11) is 4.80. The Morgan fingerprint density at radius 1 is 1.13 bits per heavy atom. The van der Waals surface area contributed by atoms with Crippen LogP contribution in [-0.2, 0) is 11.3 Å². The zero-order chi connectivity index (χ0) is 21.9. The standard InChI is InChI=1S/C21H32N4O5/c1-21(2,3)30-20(26)24-9-10-25-15(13-24)12-23-19(25)22-11-14-7-8-16(27-4)18(29-6)17(14)28-5/h7-8,15H,9-13H2,1-6H3,(H,22,23). The van der Waals surface area contributed by atoms with E-state index in [2.05, 4.69) is 15.2 Å². The molecule has 2 heterocycles. The molecule has 0 aliphatic carbocycles. The normalized spacial score (nSPS) is 18.5. The van der Waals surface area contributed by atoms with Crippen molar-refractivity contribution in [1.82, 2.24) is 15.1 Å². The van der Waals surface area contributed by atoms with E-state index in [0.717, 1.165) is 11.5 Å². The number of piperazine rings is 1. The van der Waals surface area contributed by atoms with E-state index >= 15 is 0 Å². The first kappa shape index (κ1) is 21.9. The first-order valence-electron chi connectivity index (χ1n) is 10.1. The lowest BCUT2D eigenvalue weighted by molar-refractivity contribution is 0.0137. The number of fused-ring (bicyclic) bond motifs is 1. The van der Waals surface area contributed by atoms with Gasteiger partial charge < -0.3 is 34.1 Å². The number of hydrogen-bond donors (Lipinski definition) is 1. The van der Waals surface area contributed by atoms with E-state index in [9.17, 15) is 4.79 Å². The summed E-state index contributed by atoms with van der Waals surface area (Å²) in [6, 6.07) is 3.96. The molecule has 9 heteroatoms. The SMILES string of the molecule is COc1ccc(CNC2=NCC3CN(C(=O)OC(C)(C)C)CCN23)c(OC)c1OC. The highest BCUT2D eigenvalue weighted by atomic mass is 16.6. The van der Waals surface area contributed by atoms with Crippen LogP contribution in [0.1, 0.15) is 26.3 Å². The third kappa shape index (κ3) is 4.66. The zero-order valence-corrected chi connectivity index (χ0v) is 18.7. The predicted octanol–water partition coefficient (Wildman–Crippen LogP) is 2.09. The molecule has 1 amide bonds. The molecule has 3 rings (SSSR count). The van der Waals surface area contributed by atoms with Gasteiger partial charge in [-0.25, -0.2) is 4.79 Å². The molecule has 0 spiro atoms. The minimum absolute atomic E-state index is 0.154. The van der Waals surface area contributed by atoms with E-state index in [1.807, 2.05) is 32.9 Å². The second-order valence-corrected chi connectivity index (χ2v) is 8.28. The number of benzene rings is 1. The highest BCUT2D eigenvalue weighted by Crippen LogP contribution is 2.39. The average Bonchev–Trinajstić information content (AvgIpc) is 3.12. The Bertz CT molecular complexity index is 805. The van der Waals surface area contributed by atoms with E-state index in [1.165, 1.54) is 0 Å². The molecule has 1 unspecified atom stereocenters. The fourth-order valence-corrected chi connectivity index (χ4v) is 3.70. The fraction of sp³-hybridized carbons (Fsp3) is 0.619. The van der Waals surface area contributed by atoms with Gasteiger partial charge in [-0.1, -0.05) is 0 Å². The summed E-state index contributed by atoms with van der Waals surface area (Å²) < 4.78 is 21.9. The lowest BCUT2D eigenvalue weighted by Gasteiger charge is -2.39. The molecule has 166 valence electrons. The minimum Gasteiger partial charge on any atom is -0.493 e. The van der Waals surface area contributed by atoms with Crippen LogP contribution in [0, 0.1) is 0 Å². The number of carbonyl (C=O) groups excluding carboxylic acids is 1. The van der Waals surface area contributed by atoms with Crippen molar-refractivity contribution in [2.24, 2.45) is 4.99 Å². The lowest BCUT2D eigenvalue weighted by Crippen LogP contribution is -2.57. The van der Waals surface area contributed by atoms with E-state index in [0.29, 0.717) is 50.0 Å². The molecular formula is C21H32N4O5. The molecule has 1 N–H and O–H groups in total. The van der Waals surface area contributed by atoms with Crippen LogP contribution < -0.4 is 19.5 Å². The van der Waals surface area contributed by atoms with Crippen molar-refractivity contribution in [1.29, 1.82) is 0 Å². The number of nitrogens with zero attached hydrogens (tertiary/aromatic N) is 3. The molecule has 1 atom stereocenters. The van der Waals surface area contributed by atoms with Crippen molar-refractivity contribution >= 4 is 12.1 Å². The van der Waals surface area contributed by atoms with Gasteiger partial charge in [-0.2, -0.15) is 0 Å². The number of methoxy groups -OCH3 is 3. The number of rotatable bonds is 5. The Morgan fingerprint density at radius 2 is 1.87 bits per heavy atom. The Labute approximate surface area is 177 Å². The van der Waals surface area contributed by atoms with Crippen LogP contribution in [0.5, 0.6) is 17.2 Å². The van der Waals surface area contributed by atoms with Crippen molar-refractivity contribution in [3.63, 3.8) is 0 Å². The maximum atomic E-state index is 12.4. The molecule has 0 aromatic heterocycles. The molecule has 30 heavy (non-hydrogen) atoms. The number of nitrogens with one attached hydrogen (secondary N) is 1. The summed E-state index contributed by atoms with van der Waals surface area (Å²) in [5, 5.41) is 3.41. The highest BCUT2D eigenvalue weighted by Gasteiger charge is 2.36. The molecule has 0 bridgehead atoms. The summed E-state index contributed by atoms with van der Waals surface area (Å²) in [5.41, 5.74) is 0.444. The van der Waals surface area contributed by atoms with Gasteiger partial charge in [0, 0.05) is 31.7 Å². The van der Waals surface area contributed by atoms with Crippen LogP contribution >= 0.6 is 0 Å². The van der Waals surface area contributed by atoms with Crippen molar-refractivity contribution in [3.8, 4) is 17.2 Å². The number of aliphatic imine (C=N–C) groups is 1. The van der Waals surface area contributed by atoms with Gasteiger partial charge in [0.25, 0.3) is 0 Å². The molecular weight excluding hydrogens is 388 g/mol. The Morgan fingerprint density at radius 3 is 2.50 bits per heavy atom. The maximum Gasteiger partial charge on any atom is 0.410 e. The van der Waals surface area contributed by atoms with Crippen LogP contribution in [0.15, 0.2) is 17.1 Å². The molecule has 1 fully saturated rings. The van der Waals surface area contributed by atoms with E-state index in [1.54, 1.807) is 26.2 Å². The molecule has 1 aromatic carbocycles. The molecule has 2 aliphatic rings. The van der Waals surface area contributed by atoms with Gasteiger partial charge in [0.15, 0.2) is 17.5 Å². The van der Waals surface area contributed by atoms with E-state index in [4.69, 9.17) is 18.9 Å². The molecule has 9 nitrogen and oxygen atoms in total. The number of hydrogen-bond acceptors (Lipinski definition) is 8. The maximum absolute atomic E-state index is 12.4. The second kappa shape index (κ2) is 8.89. The summed E-state index contributed by atoms with van der Waals surface area (Å²) in [6.07, 6.45) is -0.265. The Hall–Kier alpha value is -2.84. The third-order valence-corrected chi connectivity index (χ3v) is 5.08. The first-order chi connectivity index (χ1) is 14.3. The Balaban J connectivity index is 1.61. The Kier molecular flexibility index (Phi) is 6.48. The fourth-order valence-electron chi connectivity index (χ4n) is 3.70. The summed E-state index contributed by atoms with van der Waals surface area (Å²) >= 11 is 0. The van der Waals surface area contributed by atoms with Gasteiger partial charge >= 0.3 is 6.09 Å². The van der Waals surface area contributed by atoms with Crippen molar-refractivity contribution in [2.45, 2.75) is 39.0 Å². The molecule has 2 aliphatic heterocycles. The van der Waals surface area contributed by atoms with Crippen molar-refractivity contribution in [2.75, 3.05) is 47.5 Å². The average molecular weight is 421 g/mol. The van der Waals surface area contributed by atoms with Gasteiger partial charge in [0.1, 0.15) is 5.60 Å². The van der Waals surface area contributed by atoms with E-state index in [-0.39, 0.29) is 12.1 Å². The number of ether oxygens (including phenoxy) is 4. The molecule has 0 radical (unpaired) electrons. The zero-order valence-electron chi connectivity index (χ0n) is 18.7. The van der Waals surface area contributed by atoms with Gasteiger partial charge in [-0.15, -0.1) is 0 Å². The largest absolute Gasteiger partial charge is 0.493 e. The van der Waals surface area contributed by atoms with Crippen LogP contribution in [0.3, 0.4) is 0 Å². The highest BCUT2D eigenvalue weighted by molar-refractivity contribution is 5.82. The summed E-state index contributed by atoms with van der Waals surface area (Å²) in [6.45, 7) is 8.72. The third-order valence-electron chi connectivity index (χ3n) is 5.08. The van der Waals surface area contributed by atoms with Crippen LogP contribution in [0.25, 0.3) is 0 Å². The number of carbonyl (C=O) groups is 1. The van der Waals surface area contributed by atoms with Gasteiger partial charge in [-0.3, -0.25) is 4.99 Å². The molecule has 1 saturated heterocycles. The quantitative estimate of drug-likeness (QED) is 0.781. The van der Waals surface area contributed by atoms with Gasteiger partial charge in [-0.05, 0) is 32.9 Å². The van der Waals surface area contributed by atoms with E-state index < -0.39 is 5.60 Å². The first-order valence-corrected chi connectivity index (χ1v) is 10.1.